The summed E-state index contributed by atoms with van der Waals surface area (Å²) in [7, 11) is -5.00. The second-order valence-electron chi connectivity index (χ2n) is 2.13. The van der Waals surface area contributed by atoms with Crippen molar-refractivity contribution < 1.29 is 16.7 Å². The number of halogens is 4. The van der Waals surface area contributed by atoms with Gasteiger partial charge in [0.15, 0.2) is 0 Å². The van der Waals surface area contributed by atoms with Crippen LogP contribution in [0.5, 0.6) is 0 Å². The SMILES string of the molecule is O=S(=O)(F)c1cc(F)c(Cl)cc1Cl. The first-order valence-corrected chi connectivity index (χ1v) is 5.05. The molecule has 72 valence electrons. The fraction of sp³-hybridized carbons (Fsp3) is 0. The lowest BCUT2D eigenvalue weighted by Crippen LogP contribution is -1.94. The Bertz CT molecular complexity index is 444. The monoisotopic (exact) mass is 246 g/mol. The minimum atomic E-state index is -5.00. The van der Waals surface area contributed by atoms with E-state index in [1.807, 2.05) is 0 Å². The van der Waals surface area contributed by atoms with Crippen LogP contribution in [-0.2, 0) is 10.2 Å². The molecule has 1 aromatic carbocycles. The van der Waals surface area contributed by atoms with Crippen LogP contribution in [0.1, 0.15) is 0 Å². The van der Waals surface area contributed by atoms with Gasteiger partial charge in [-0.15, -0.1) is 3.89 Å². The Morgan fingerprint density at radius 1 is 1.15 bits per heavy atom. The van der Waals surface area contributed by atoms with Crippen molar-refractivity contribution in [2.45, 2.75) is 4.90 Å². The first-order valence-electron chi connectivity index (χ1n) is 2.91. The summed E-state index contributed by atoms with van der Waals surface area (Å²) in [6.45, 7) is 0. The average Bonchev–Trinajstić information content (AvgIpc) is 1.94. The molecule has 0 bridgehead atoms. The highest BCUT2D eigenvalue weighted by Crippen LogP contribution is 2.28. The van der Waals surface area contributed by atoms with Crippen LogP contribution in [0.15, 0.2) is 17.0 Å². The molecule has 0 heterocycles. The molecule has 0 aliphatic carbocycles. The number of benzene rings is 1. The molecule has 0 fully saturated rings. The molecule has 0 amide bonds. The maximum Gasteiger partial charge on any atom is 0.333 e. The third-order valence-electron chi connectivity index (χ3n) is 1.24. The highest BCUT2D eigenvalue weighted by molar-refractivity contribution is 7.86. The van der Waals surface area contributed by atoms with Gasteiger partial charge in [0.1, 0.15) is 10.7 Å². The van der Waals surface area contributed by atoms with Crippen molar-refractivity contribution in [2.24, 2.45) is 0 Å². The quantitative estimate of drug-likeness (QED) is 0.564. The van der Waals surface area contributed by atoms with Gasteiger partial charge in [-0.3, -0.25) is 0 Å². The van der Waals surface area contributed by atoms with Gasteiger partial charge < -0.3 is 0 Å². The molecule has 2 nitrogen and oxygen atoms in total. The van der Waals surface area contributed by atoms with Crippen molar-refractivity contribution in [2.75, 3.05) is 0 Å². The Morgan fingerprint density at radius 2 is 1.69 bits per heavy atom. The molecule has 1 rings (SSSR count). The fourth-order valence-corrected chi connectivity index (χ4v) is 1.89. The molecule has 0 aliphatic heterocycles. The van der Waals surface area contributed by atoms with Crippen molar-refractivity contribution in [1.82, 2.24) is 0 Å². The van der Waals surface area contributed by atoms with E-state index in [-0.39, 0.29) is 5.02 Å². The van der Waals surface area contributed by atoms with E-state index in [4.69, 9.17) is 23.2 Å². The van der Waals surface area contributed by atoms with E-state index in [2.05, 4.69) is 0 Å². The van der Waals surface area contributed by atoms with Gasteiger partial charge in [0.05, 0.1) is 10.0 Å². The Balaban J connectivity index is 3.50. The summed E-state index contributed by atoms with van der Waals surface area (Å²) >= 11 is 10.6. The Morgan fingerprint density at radius 3 is 2.15 bits per heavy atom. The molecule has 0 spiro atoms. The van der Waals surface area contributed by atoms with Gasteiger partial charge in [0.2, 0.25) is 0 Å². The summed E-state index contributed by atoms with van der Waals surface area (Å²) in [6, 6.07) is 1.25. The van der Waals surface area contributed by atoms with Gasteiger partial charge in [-0.2, -0.15) is 8.42 Å². The third-order valence-corrected chi connectivity index (χ3v) is 2.82. The van der Waals surface area contributed by atoms with Crippen LogP contribution in [0.3, 0.4) is 0 Å². The topological polar surface area (TPSA) is 34.1 Å². The van der Waals surface area contributed by atoms with E-state index in [0.29, 0.717) is 6.07 Å². The van der Waals surface area contributed by atoms with Crippen molar-refractivity contribution in [3.05, 3.63) is 28.0 Å². The Kier molecular flexibility index (Phi) is 2.79. The summed E-state index contributed by atoms with van der Waals surface area (Å²) in [5.41, 5.74) is 0. The highest BCUT2D eigenvalue weighted by Gasteiger charge is 2.19. The van der Waals surface area contributed by atoms with Crippen LogP contribution in [0.4, 0.5) is 8.28 Å². The summed E-state index contributed by atoms with van der Waals surface area (Å²) in [5.74, 6) is -1.04. The van der Waals surface area contributed by atoms with Gasteiger partial charge in [-0.1, -0.05) is 23.2 Å². The van der Waals surface area contributed by atoms with Crippen LogP contribution in [0.2, 0.25) is 10.0 Å². The molecular formula is C6H2Cl2F2O2S. The number of rotatable bonds is 1. The molecule has 7 heteroatoms. The highest BCUT2D eigenvalue weighted by atomic mass is 35.5. The van der Waals surface area contributed by atoms with Crippen molar-refractivity contribution in [3.8, 4) is 0 Å². The Labute approximate surface area is 83.3 Å². The minimum absolute atomic E-state index is 0.364. The van der Waals surface area contributed by atoms with Gasteiger partial charge >= 0.3 is 10.2 Å². The van der Waals surface area contributed by atoms with Crippen molar-refractivity contribution in [3.63, 3.8) is 0 Å². The summed E-state index contributed by atoms with van der Waals surface area (Å²) in [4.78, 5) is -0.920. The third kappa shape index (κ3) is 2.30. The maximum atomic E-state index is 12.7. The standard InChI is InChI=1S/C6H2Cl2F2O2S/c7-3-1-4(8)6(2-5(3)9)13(10,11)12/h1-2H. The van der Waals surface area contributed by atoms with E-state index in [9.17, 15) is 16.7 Å². The summed E-state index contributed by atoms with van der Waals surface area (Å²) < 4.78 is 45.8. The van der Waals surface area contributed by atoms with Gasteiger partial charge in [-0.05, 0) is 12.1 Å². The summed E-state index contributed by atoms with van der Waals surface area (Å²) in [6.07, 6.45) is 0. The second-order valence-corrected chi connectivity index (χ2v) is 4.26. The lowest BCUT2D eigenvalue weighted by Gasteiger charge is -2.00. The zero-order chi connectivity index (χ0) is 10.2. The van der Waals surface area contributed by atoms with Crippen LogP contribution < -0.4 is 0 Å². The zero-order valence-electron chi connectivity index (χ0n) is 5.89. The molecule has 0 atom stereocenters. The smallest absolute Gasteiger partial charge is 0.205 e. The molecule has 0 unspecified atom stereocenters. The van der Waals surface area contributed by atoms with E-state index in [1.54, 1.807) is 0 Å². The predicted octanol–water partition coefficient (Wildman–Crippen LogP) is 2.79. The molecule has 0 radical (unpaired) electrons. The van der Waals surface area contributed by atoms with Crippen LogP contribution >= 0.6 is 23.2 Å². The molecule has 0 N–H and O–H groups in total. The number of hydrogen-bond acceptors (Lipinski definition) is 2. The van der Waals surface area contributed by atoms with E-state index >= 15 is 0 Å². The van der Waals surface area contributed by atoms with Crippen molar-refractivity contribution in [1.29, 1.82) is 0 Å². The fourth-order valence-electron chi connectivity index (χ4n) is 0.691. The molecule has 1 aromatic rings. The predicted molar refractivity (Wildman–Crippen MR) is 44.7 cm³/mol. The largest absolute Gasteiger partial charge is 0.333 e. The summed E-state index contributed by atoms with van der Waals surface area (Å²) in [5, 5.41) is -0.814. The second kappa shape index (κ2) is 3.40. The first-order chi connectivity index (χ1) is 5.82. The lowest BCUT2D eigenvalue weighted by molar-refractivity contribution is 0.549. The number of hydrogen-bond donors (Lipinski definition) is 0. The van der Waals surface area contributed by atoms with Gasteiger partial charge in [0.25, 0.3) is 0 Å². The zero-order valence-corrected chi connectivity index (χ0v) is 8.22. The molecule has 0 aromatic heterocycles. The molecular weight excluding hydrogens is 245 g/mol. The first kappa shape index (κ1) is 10.7. The molecule has 0 aliphatic rings. The molecule has 13 heavy (non-hydrogen) atoms. The molecule has 0 saturated carbocycles. The van der Waals surface area contributed by atoms with Crippen LogP contribution in [0.25, 0.3) is 0 Å². The Hall–Kier alpha value is -0.390. The van der Waals surface area contributed by atoms with Crippen molar-refractivity contribution >= 4 is 33.4 Å². The average molecular weight is 247 g/mol. The maximum absolute atomic E-state index is 12.7. The van der Waals surface area contributed by atoms with E-state index in [0.717, 1.165) is 6.07 Å². The van der Waals surface area contributed by atoms with Crippen LogP contribution in [-0.4, -0.2) is 8.42 Å². The van der Waals surface area contributed by atoms with Crippen LogP contribution in [0, 0.1) is 5.82 Å². The van der Waals surface area contributed by atoms with E-state index in [1.165, 1.54) is 0 Å². The molecule has 0 saturated heterocycles. The van der Waals surface area contributed by atoms with E-state index < -0.39 is 26.0 Å². The minimum Gasteiger partial charge on any atom is -0.205 e. The van der Waals surface area contributed by atoms with Gasteiger partial charge in [0, 0.05) is 0 Å². The van der Waals surface area contributed by atoms with Gasteiger partial charge in [-0.25, -0.2) is 4.39 Å². The lowest BCUT2D eigenvalue weighted by atomic mass is 10.3. The normalized spacial score (nSPS) is 11.7.